The van der Waals surface area contributed by atoms with Crippen LogP contribution in [0.3, 0.4) is 0 Å². The first-order valence-corrected chi connectivity index (χ1v) is 15.0. The molecule has 2 unspecified atom stereocenters. The molecule has 5 atom stereocenters. The molecule has 0 N–H and O–H groups in total. The van der Waals surface area contributed by atoms with Crippen molar-refractivity contribution in [3.05, 3.63) is 77.4 Å². The van der Waals surface area contributed by atoms with Crippen LogP contribution in [0.1, 0.15) is 55.4 Å². The maximum Gasteiger partial charge on any atom is 0.416 e. The minimum atomic E-state index is -4.50. The van der Waals surface area contributed by atoms with Gasteiger partial charge < -0.3 is 19.1 Å². The fourth-order valence-corrected chi connectivity index (χ4v) is 8.31. The first kappa shape index (κ1) is 30.9. The summed E-state index contributed by atoms with van der Waals surface area (Å²) in [6.07, 6.45) is 1.32. The smallest absolute Gasteiger partial charge is 0.416 e. The molecule has 2 aromatic carbocycles. The number of benzene rings is 2. The Bertz CT molecular complexity index is 1600. The predicted octanol–water partition coefficient (Wildman–Crippen LogP) is 5.08. The van der Waals surface area contributed by atoms with Crippen molar-refractivity contribution < 1.29 is 41.8 Å². The number of piperidine rings is 1. The lowest BCUT2D eigenvalue weighted by atomic mass is 9.48. The number of nitrogens with zero attached hydrogens (tertiary/aromatic N) is 2. The molecule has 0 radical (unpaired) electrons. The highest BCUT2D eigenvalue weighted by Crippen LogP contribution is 2.67. The van der Waals surface area contributed by atoms with Gasteiger partial charge in [0.15, 0.2) is 11.5 Å². The number of hydrogen-bond acceptors (Lipinski definition) is 7. The molecule has 238 valence electrons. The Kier molecular flexibility index (Phi) is 7.58. The van der Waals surface area contributed by atoms with E-state index in [0.717, 1.165) is 23.3 Å². The van der Waals surface area contributed by atoms with Gasteiger partial charge in [0.2, 0.25) is 5.91 Å². The number of carbonyl (C=O) groups is 3. The Hall–Kier alpha value is -4.12. The fourth-order valence-electron chi connectivity index (χ4n) is 8.31. The summed E-state index contributed by atoms with van der Waals surface area (Å²) in [6, 6.07) is 7.76. The zero-order chi connectivity index (χ0) is 32.3. The quantitative estimate of drug-likeness (QED) is 0.184. The Morgan fingerprint density at radius 3 is 2.62 bits per heavy atom. The van der Waals surface area contributed by atoms with E-state index in [1.54, 1.807) is 18.0 Å². The van der Waals surface area contributed by atoms with Crippen LogP contribution in [0, 0.1) is 0 Å². The van der Waals surface area contributed by atoms with Crippen molar-refractivity contribution >= 4 is 23.9 Å². The third-order valence-corrected chi connectivity index (χ3v) is 9.91. The number of rotatable bonds is 7. The molecular weight excluding hydrogens is 589 g/mol. The van der Waals surface area contributed by atoms with E-state index in [4.69, 9.17) is 14.2 Å². The number of hydrogen-bond donors (Lipinski definition) is 0. The standard InChI is InChI=1S/C34H35F3N2O6/c1-5-16-39-17-15-32-29-23-10-11-26(43-20(2)40)30(29)44-31(32)25(13-14-33(32,27(39)19-23)45-21(3)41)38(4)28(42)12-9-22-7-6-8-24(18-22)34(35,36)37/h5-12,18,25,27,31H,1,13-17,19H2,2-4H3/b12-9+/t25?,27-,31?,32+,33-/m1/s1. The Labute approximate surface area is 259 Å². The first-order valence-electron chi connectivity index (χ1n) is 15.0. The molecule has 11 heteroatoms. The molecule has 0 aromatic heterocycles. The van der Waals surface area contributed by atoms with Crippen molar-refractivity contribution in [1.29, 1.82) is 0 Å². The summed E-state index contributed by atoms with van der Waals surface area (Å²) in [5, 5.41) is 0. The van der Waals surface area contributed by atoms with Crippen LogP contribution < -0.4 is 9.47 Å². The van der Waals surface area contributed by atoms with Crippen LogP contribution in [-0.4, -0.2) is 71.6 Å². The number of carbonyl (C=O) groups excluding carboxylic acids is 3. The lowest BCUT2D eigenvalue weighted by Gasteiger charge is -2.65. The van der Waals surface area contributed by atoms with E-state index in [0.29, 0.717) is 44.5 Å². The van der Waals surface area contributed by atoms with Gasteiger partial charge in [-0.1, -0.05) is 24.3 Å². The fraction of sp³-hybridized carbons (Fsp3) is 0.441. The highest BCUT2D eigenvalue weighted by atomic mass is 19.4. The van der Waals surface area contributed by atoms with Crippen molar-refractivity contribution in [2.24, 2.45) is 0 Å². The summed E-state index contributed by atoms with van der Waals surface area (Å²) >= 11 is 0. The molecule has 4 aliphatic rings. The van der Waals surface area contributed by atoms with E-state index in [1.807, 2.05) is 12.1 Å². The molecule has 2 heterocycles. The van der Waals surface area contributed by atoms with E-state index in [1.165, 1.54) is 38.1 Å². The molecule has 6 rings (SSSR count). The van der Waals surface area contributed by atoms with Gasteiger partial charge in [0, 0.05) is 45.6 Å². The molecular formula is C34H35F3N2O6. The summed E-state index contributed by atoms with van der Waals surface area (Å²) in [4.78, 5) is 42.3. The third-order valence-electron chi connectivity index (χ3n) is 9.91. The van der Waals surface area contributed by atoms with E-state index >= 15 is 0 Å². The maximum absolute atomic E-state index is 13.6. The van der Waals surface area contributed by atoms with Gasteiger partial charge in [-0.05, 0) is 61.1 Å². The minimum absolute atomic E-state index is 0.181. The molecule has 2 bridgehead atoms. The maximum atomic E-state index is 13.6. The molecule has 8 nitrogen and oxygen atoms in total. The Morgan fingerprint density at radius 1 is 1.16 bits per heavy atom. The predicted molar refractivity (Wildman–Crippen MR) is 158 cm³/mol. The molecule has 1 amide bonds. The lowest BCUT2D eigenvalue weighted by Crippen LogP contribution is -2.79. The zero-order valence-electron chi connectivity index (χ0n) is 25.4. The normalized spacial score (nSPS) is 28.2. The van der Waals surface area contributed by atoms with Crippen molar-refractivity contribution in [2.75, 3.05) is 20.1 Å². The second kappa shape index (κ2) is 11.0. The van der Waals surface area contributed by atoms with Crippen molar-refractivity contribution in [3.8, 4) is 11.5 Å². The number of ether oxygens (including phenoxy) is 3. The second-order valence-corrected chi connectivity index (χ2v) is 12.3. The van der Waals surface area contributed by atoms with Gasteiger partial charge in [-0.25, -0.2) is 0 Å². The van der Waals surface area contributed by atoms with Gasteiger partial charge >= 0.3 is 18.1 Å². The zero-order valence-corrected chi connectivity index (χ0v) is 25.4. The molecule has 2 aliphatic carbocycles. The SMILES string of the molecule is C=CCN1CC[C@]23c4c5ccc(OC(C)=O)c4OC2C(N(C)C(=O)/C=C/c2cccc(C(F)(F)F)c2)CC[C@@]3(OC(C)=O)[C@H]1C5. The molecule has 1 saturated heterocycles. The number of esters is 2. The molecule has 2 aromatic rings. The van der Waals surface area contributed by atoms with Gasteiger partial charge in [-0.3, -0.25) is 19.3 Å². The van der Waals surface area contributed by atoms with E-state index in [2.05, 4.69) is 11.5 Å². The monoisotopic (exact) mass is 624 g/mol. The topological polar surface area (TPSA) is 85.4 Å². The number of halogens is 3. The van der Waals surface area contributed by atoms with Crippen LogP contribution in [0.4, 0.5) is 13.2 Å². The van der Waals surface area contributed by atoms with Crippen molar-refractivity contribution in [2.45, 2.75) is 74.9 Å². The average Bonchev–Trinajstić information content (AvgIpc) is 3.33. The van der Waals surface area contributed by atoms with Gasteiger partial charge in [0.05, 0.1) is 23.1 Å². The summed E-state index contributed by atoms with van der Waals surface area (Å²) < 4.78 is 58.5. The highest BCUT2D eigenvalue weighted by molar-refractivity contribution is 5.92. The van der Waals surface area contributed by atoms with Crippen LogP contribution >= 0.6 is 0 Å². The van der Waals surface area contributed by atoms with Crippen LogP contribution in [0.25, 0.3) is 6.08 Å². The highest BCUT2D eigenvalue weighted by Gasteiger charge is 2.75. The van der Waals surface area contributed by atoms with Crippen LogP contribution in [0.2, 0.25) is 0 Å². The molecule has 2 aliphatic heterocycles. The number of likely N-dealkylation sites (tertiary alicyclic amines) is 1. The van der Waals surface area contributed by atoms with Gasteiger partial charge in [0.25, 0.3) is 0 Å². The molecule has 45 heavy (non-hydrogen) atoms. The summed E-state index contributed by atoms with van der Waals surface area (Å²) in [5.41, 5.74) is -0.525. The van der Waals surface area contributed by atoms with Gasteiger partial charge in [0.1, 0.15) is 11.7 Å². The second-order valence-electron chi connectivity index (χ2n) is 12.3. The van der Waals surface area contributed by atoms with E-state index < -0.39 is 52.7 Å². The van der Waals surface area contributed by atoms with Crippen LogP contribution in [0.15, 0.2) is 55.1 Å². The van der Waals surface area contributed by atoms with Gasteiger partial charge in [-0.2, -0.15) is 13.2 Å². The molecule has 1 saturated carbocycles. The largest absolute Gasteiger partial charge is 0.483 e. The first-order chi connectivity index (χ1) is 21.3. The van der Waals surface area contributed by atoms with Gasteiger partial charge in [-0.15, -0.1) is 6.58 Å². The number of alkyl halides is 3. The third kappa shape index (κ3) is 4.83. The Balaban J connectivity index is 1.42. The number of amides is 1. The van der Waals surface area contributed by atoms with Crippen LogP contribution in [0.5, 0.6) is 11.5 Å². The minimum Gasteiger partial charge on any atom is -0.483 e. The molecule has 2 fully saturated rings. The summed E-state index contributed by atoms with van der Waals surface area (Å²) in [6.45, 7) is 7.91. The molecule has 1 spiro atoms. The Morgan fingerprint density at radius 2 is 1.93 bits per heavy atom. The van der Waals surface area contributed by atoms with Crippen molar-refractivity contribution in [3.63, 3.8) is 0 Å². The number of likely N-dealkylation sites (N-methyl/N-ethyl adjacent to an activating group) is 1. The summed E-state index contributed by atoms with van der Waals surface area (Å²) in [7, 11) is 1.65. The van der Waals surface area contributed by atoms with Crippen LogP contribution in [-0.2, 0) is 37.1 Å². The lowest BCUT2D eigenvalue weighted by molar-refractivity contribution is -0.222. The van der Waals surface area contributed by atoms with E-state index in [9.17, 15) is 27.6 Å². The average molecular weight is 625 g/mol. The van der Waals surface area contributed by atoms with Crippen molar-refractivity contribution in [1.82, 2.24) is 9.80 Å². The summed E-state index contributed by atoms with van der Waals surface area (Å²) in [5.74, 6) is -0.645. The van der Waals surface area contributed by atoms with E-state index in [-0.39, 0.29) is 17.4 Å².